The number of nitriles is 1. The zero-order chi connectivity index (χ0) is 23.3. The Hall–Kier alpha value is -4.19. The number of imidazole rings is 1. The topological polar surface area (TPSA) is 107 Å². The Morgan fingerprint density at radius 3 is 2.67 bits per heavy atom. The fourth-order valence-corrected chi connectivity index (χ4v) is 4.57. The third-order valence-corrected chi connectivity index (χ3v) is 6.36. The molecule has 9 heteroatoms. The molecule has 2 aliphatic heterocycles. The quantitative estimate of drug-likeness (QED) is 0.667. The molecule has 166 valence electrons. The van der Waals surface area contributed by atoms with E-state index >= 15 is 0 Å². The van der Waals surface area contributed by atoms with Crippen LogP contribution in [0.15, 0.2) is 49.2 Å². The van der Waals surface area contributed by atoms with Gasteiger partial charge in [0, 0.05) is 25.7 Å². The van der Waals surface area contributed by atoms with Gasteiger partial charge in [-0.25, -0.2) is 4.98 Å². The van der Waals surface area contributed by atoms with Gasteiger partial charge in [0.1, 0.15) is 5.69 Å². The van der Waals surface area contributed by atoms with Crippen molar-refractivity contribution in [1.82, 2.24) is 19.4 Å². The maximum absolute atomic E-state index is 13.2. The van der Waals surface area contributed by atoms with Crippen molar-refractivity contribution >= 4 is 23.2 Å². The van der Waals surface area contributed by atoms with Gasteiger partial charge in [0.05, 0.1) is 59.5 Å². The molecular formula is C24H23N7O2. The summed E-state index contributed by atoms with van der Waals surface area (Å²) in [6.07, 6.45) is 6.56. The molecule has 1 saturated heterocycles. The van der Waals surface area contributed by atoms with Gasteiger partial charge in [-0.3, -0.25) is 19.5 Å². The second kappa shape index (κ2) is 7.45. The van der Waals surface area contributed by atoms with Crippen molar-refractivity contribution in [3.63, 3.8) is 0 Å². The predicted molar refractivity (Wildman–Crippen MR) is 122 cm³/mol. The highest BCUT2D eigenvalue weighted by atomic mass is 16.2. The Kier molecular flexibility index (Phi) is 4.67. The van der Waals surface area contributed by atoms with E-state index in [1.165, 1.54) is 0 Å². The molecule has 0 spiro atoms. The summed E-state index contributed by atoms with van der Waals surface area (Å²) < 4.78 is 1.71. The molecule has 0 aliphatic carbocycles. The van der Waals surface area contributed by atoms with Crippen LogP contribution in [0.25, 0.3) is 0 Å². The summed E-state index contributed by atoms with van der Waals surface area (Å²) in [7, 11) is 1.80. The van der Waals surface area contributed by atoms with Crippen molar-refractivity contribution in [3.8, 4) is 6.07 Å². The number of anilines is 2. The molecule has 0 bridgehead atoms. The molecule has 33 heavy (non-hydrogen) atoms. The number of aryl methyl sites for hydroxylation is 1. The van der Waals surface area contributed by atoms with Crippen LogP contribution >= 0.6 is 0 Å². The average molecular weight is 441 g/mol. The number of nitrogens with one attached hydrogen (secondary N) is 1. The molecule has 4 heterocycles. The number of pyridine rings is 1. The largest absolute Gasteiger partial charge is 0.377 e. The van der Waals surface area contributed by atoms with Gasteiger partial charge in [-0.05, 0) is 43.7 Å². The first-order valence-corrected chi connectivity index (χ1v) is 10.7. The van der Waals surface area contributed by atoms with E-state index in [9.17, 15) is 14.9 Å². The van der Waals surface area contributed by atoms with Crippen LogP contribution < -0.4 is 10.2 Å². The first-order valence-electron chi connectivity index (χ1n) is 10.7. The lowest BCUT2D eigenvalue weighted by molar-refractivity contribution is 0.0615. The van der Waals surface area contributed by atoms with E-state index in [4.69, 9.17) is 0 Å². The Morgan fingerprint density at radius 2 is 1.97 bits per heavy atom. The fourth-order valence-electron chi connectivity index (χ4n) is 4.57. The van der Waals surface area contributed by atoms with Crippen molar-refractivity contribution in [1.29, 1.82) is 5.26 Å². The number of amides is 2. The summed E-state index contributed by atoms with van der Waals surface area (Å²) in [5.41, 5.74) is 3.34. The molecule has 2 amide bonds. The van der Waals surface area contributed by atoms with E-state index < -0.39 is 5.54 Å². The number of hydrogen-bond donors (Lipinski definition) is 1. The third-order valence-electron chi connectivity index (χ3n) is 6.36. The Morgan fingerprint density at radius 1 is 1.18 bits per heavy atom. The normalized spacial score (nSPS) is 16.8. The van der Waals surface area contributed by atoms with Gasteiger partial charge in [-0.2, -0.15) is 5.26 Å². The van der Waals surface area contributed by atoms with Crippen LogP contribution in [0.2, 0.25) is 0 Å². The van der Waals surface area contributed by atoms with Crippen LogP contribution in [0, 0.1) is 11.3 Å². The number of carbonyl (C=O) groups is 2. The van der Waals surface area contributed by atoms with Gasteiger partial charge in [0.15, 0.2) is 0 Å². The summed E-state index contributed by atoms with van der Waals surface area (Å²) in [5.74, 6) is -0.158. The van der Waals surface area contributed by atoms with Crippen LogP contribution in [0.3, 0.4) is 0 Å². The zero-order valence-electron chi connectivity index (χ0n) is 18.6. The highest BCUT2D eigenvalue weighted by Crippen LogP contribution is 2.42. The molecular weight excluding hydrogens is 418 g/mol. The Balaban J connectivity index is 1.31. The second-order valence-electron chi connectivity index (χ2n) is 8.94. The minimum absolute atomic E-state index is 0.0427. The van der Waals surface area contributed by atoms with E-state index in [0.29, 0.717) is 35.6 Å². The Bertz CT molecular complexity index is 1310. The molecule has 1 aromatic carbocycles. The molecule has 3 aromatic rings. The summed E-state index contributed by atoms with van der Waals surface area (Å²) in [6, 6.07) is 9.31. The lowest BCUT2D eigenvalue weighted by Gasteiger charge is -2.40. The number of nitrogens with zero attached hydrogens (tertiary/aromatic N) is 6. The van der Waals surface area contributed by atoms with Gasteiger partial charge in [0.25, 0.3) is 11.8 Å². The maximum atomic E-state index is 13.2. The van der Waals surface area contributed by atoms with Gasteiger partial charge in [-0.1, -0.05) is 0 Å². The van der Waals surface area contributed by atoms with Gasteiger partial charge >= 0.3 is 0 Å². The van der Waals surface area contributed by atoms with Crippen LogP contribution in [0.4, 0.5) is 11.4 Å². The van der Waals surface area contributed by atoms with Crippen molar-refractivity contribution in [2.45, 2.75) is 25.4 Å². The molecule has 5 rings (SSSR count). The first-order chi connectivity index (χ1) is 15.8. The van der Waals surface area contributed by atoms with E-state index in [-0.39, 0.29) is 17.9 Å². The van der Waals surface area contributed by atoms with E-state index in [1.54, 1.807) is 64.5 Å². The lowest BCUT2D eigenvalue weighted by atomic mass is 9.92. The molecule has 0 unspecified atom stereocenters. The molecule has 9 nitrogen and oxygen atoms in total. The van der Waals surface area contributed by atoms with Crippen molar-refractivity contribution in [2.75, 3.05) is 23.3 Å². The smallest absolute Gasteiger partial charge is 0.272 e. The Labute approximate surface area is 191 Å². The maximum Gasteiger partial charge on any atom is 0.272 e. The van der Waals surface area contributed by atoms with Gasteiger partial charge in [0.2, 0.25) is 0 Å². The van der Waals surface area contributed by atoms with Crippen molar-refractivity contribution in [2.24, 2.45) is 7.05 Å². The van der Waals surface area contributed by atoms with Crippen LogP contribution in [0.5, 0.6) is 0 Å². The molecule has 0 radical (unpaired) electrons. The number of benzene rings is 1. The average Bonchev–Trinajstić information content (AvgIpc) is 3.28. The summed E-state index contributed by atoms with van der Waals surface area (Å²) in [5, 5.41) is 12.7. The van der Waals surface area contributed by atoms with Crippen molar-refractivity contribution in [3.05, 3.63) is 71.6 Å². The first kappa shape index (κ1) is 20.7. The van der Waals surface area contributed by atoms with E-state index in [0.717, 1.165) is 11.3 Å². The number of carbonyl (C=O) groups excluding carboxylic acids is 2. The predicted octanol–water partition coefficient (Wildman–Crippen LogP) is 2.52. The molecule has 1 fully saturated rings. The number of fused-ring (bicyclic) bond motifs is 1. The standard InChI is InChI=1S/C24H23N7O2/c1-24(2)20-6-15(8-25)4-5-19(20)22(32)31(24)18-7-16(9-26-10-18)28-17-12-30(13-17)23(33)21-11-27-14-29(21)3/h4-7,9-11,14,17,28H,12-13H2,1-3H3. The highest BCUT2D eigenvalue weighted by molar-refractivity contribution is 6.12. The second-order valence-corrected chi connectivity index (χ2v) is 8.94. The summed E-state index contributed by atoms with van der Waals surface area (Å²) in [4.78, 5) is 37.6. The van der Waals surface area contributed by atoms with Gasteiger partial charge in [-0.15, -0.1) is 0 Å². The third kappa shape index (κ3) is 3.31. The monoisotopic (exact) mass is 441 g/mol. The number of hydrogen-bond acceptors (Lipinski definition) is 6. The number of aromatic nitrogens is 3. The van der Waals surface area contributed by atoms with Crippen LogP contribution in [-0.2, 0) is 12.6 Å². The fraction of sp³-hybridized carbons (Fsp3) is 0.292. The molecule has 0 saturated carbocycles. The van der Waals surface area contributed by atoms with Crippen molar-refractivity contribution < 1.29 is 9.59 Å². The van der Waals surface area contributed by atoms with Crippen LogP contribution in [-0.4, -0.2) is 50.4 Å². The minimum atomic E-state index is -0.623. The molecule has 0 atom stereocenters. The van der Waals surface area contributed by atoms with E-state index in [2.05, 4.69) is 21.4 Å². The minimum Gasteiger partial charge on any atom is -0.377 e. The number of likely N-dealkylation sites (tertiary alicyclic amines) is 1. The lowest BCUT2D eigenvalue weighted by Crippen LogP contribution is -2.57. The summed E-state index contributed by atoms with van der Waals surface area (Å²) in [6.45, 7) is 5.08. The summed E-state index contributed by atoms with van der Waals surface area (Å²) >= 11 is 0. The van der Waals surface area contributed by atoms with Gasteiger partial charge < -0.3 is 14.8 Å². The SMILES string of the molecule is Cn1cncc1C(=O)N1CC(Nc2cncc(N3C(=O)c4ccc(C#N)cc4C3(C)C)c2)C1. The molecule has 2 aliphatic rings. The molecule has 1 N–H and O–H groups in total. The van der Waals surface area contributed by atoms with E-state index in [1.807, 2.05) is 19.9 Å². The zero-order valence-corrected chi connectivity index (χ0v) is 18.6. The number of rotatable bonds is 4. The molecule has 2 aromatic heterocycles. The highest BCUT2D eigenvalue weighted by Gasteiger charge is 2.44. The van der Waals surface area contributed by atoms with Crippen LogP contribution in [0.1, 0.15) is 45.8 Å².